The van der Waals surface area contributed by atoms with E-state index in [1.807, 2.05) is 0 Å². The maximum atomic E-state index is 13.2. The number of amides is 2. The molecule has 0 aromatic heterocycles. The van der Waals surface area contributed by atoms with Gasteiger partial charge in [-0.05, 0) is 37.3 Å². The zero-order valence-electron chi connectivity index (χ0n) is 14.1. The molecule has 3 rings (SSSR count). The number of halogens is 3. The van der Waals surface area contributed by atoms with E-state index in [1.54, 1.807) is 11.9 Å². The second kappa shape index (κ2) is 6.69. The van der Waals surface area contributed by atoms with Crippen LogP contribution in [0.1, 0.15) is 41.6 Å². The van der Waals surface area contributed by atoms with Gasteiger partial charge in [-0.1, -0.05) is 12.1 Å². The number of likely N-dealkylation sites (tertiary alicyclic amines) is 2. The first-order chi connectivity index (χ1) is 11.8. The third kappa shape index (κ3) is 3.50. The van der Waals surface area contributed by atoms with E-state index in [2.05, 4.69) is 0 Å². The van der Waals surface area contributed by atoms with Crippen LogP contribution in [0.25, 0.3) is 0 Å². The molecule has 0 spiro atoms. The van der Waals surface area contributed by atoms with Gasteiger partial charge in [0.2, 0.25) is 5.91 Å². The van der Waals surface area contributed by atoms with Gasteiger partial charge < -0.3 is 9.80 Å². The van der Waals surface area contributed by atoms with Crippen LogP contribution < -0.4 is 0 Å². The van der Waals surface area contributed by atoms with Crippen molar-refractivity contribution in [3.05, 3.63) is 35.4 Å². The summed E-state index contributed by atoms with van der Waals surface area (Å²) in [5, 5.41) is 0. The standard InChI is InChI=1S/C18H21F3N2O2/c1-22-15-9-10-23(11-12(15)5-4-8-16(22)24)17(25)13-6-2-3-7-14(13)18(19,20)21/h2-3,6-7,12,15H,4-5,8-11H2,1H3/t12-,15+/m0/s1. The molecule has 2 amide bonds. The Bertz CT molecular complexity index is 675. The first kappa shape index (κ1) is 17.8. The molecule has 1 aromatic rings. The van der Waals surface area contributed by atoms with Crippen molar-refractivity contribution in [2.45, 2.75) is 37.9 Å². The van der Waals surface area contributed by atoms with E-state index in [0.717, 1.165) is 18.9 Å². The molecule has 2 atom stereocenters. The number of alkyl halides is 3. The highest BCUT2D eigenvalue weighted by molar-refractivity contribution is 5.96. The molecule has 2 saturated heterocycles. The molecule has 136 valence electrons. The lowest BCUT2D eigenvalue weighted by molar-refractivity contribution is -0.138. The lowest BCUT2D eigenvalue weighted by Gasteiger charge is -2.41. The molecule has 0 radical (unpaired) electrons. The molecule has 25 heavy (non-hydrogen) atoms. The number of carbonyl (C=O) groups excluding carboxylic acids is 2. The normalized spacial score (nSPS) is 24.7. The average Bonchev–Trinajstić information content (AvgIpc) is 2.72. The summed E-state index contributed by atoms with van der Waals surface area (Å²) in [6.07, 6.45) is -1.89. The number of benzene rings is 1. The van der Waals surface area contributed by atoms with E-state index < -0.39 is 17.6 Å². The van der Waals surface area contributed by atoms with Crippen LogP contribution in [-0.4, -0.2) is 47.8 Å². The fourth-order valence-electron chi connectivity index (χ4n) is 3.96. The second-order valence-corrected chi connectivity index (χ2v) is 6.81. The van der Waals surface area contributed by atoms with Gasteiger partial charge in [0.15, 0.2) is 0 Å². The summed E-state index contributed by atoms with van der Waals surface area (Å²) in [5.41, 5.74) is -1.19. The van der Waals surface area contributed by atoms with Gasteiger partial charge in [-0.15, -0.1) is 0 Å². The Labute approximate surface area is 144 Å². The molecule has 1 aromatic carbocycles. The van der Waals surface area contributed by atoms with Crippen LogP contribution in [0.5, 0.6) is 0 Å². The van der Waals surface area contributed by atoms with Gasteiger partial charge in [-0.25, -0.2) is 0 Å². The number of carbonyl (C=O) groups is 2. The van der Waals surface area contributed by atoms with Crippen LogP contribution in [0.15, 0.2) is 24.3 Å². The highest BCUT2D eigenvalue weighted by Gasteiger charge is 2.40. The molecule has 2 aliphatic heterocycles. The summed E-state index contributed by atoms with van der Waals surface area (Å²) in [7, 11) is 1.78. The van der Waals surface area contributed by atoms with Crippen molar-refractivity contribution in [1.29, 1.82) is 0 Å². The second-order valence-electron chi connectivity index (χ2n) is 6.81. The number of fused-ring (bicyclic) bond motifs is 1. The summed E-state index contributed by atoms with van der Waals surface area (Å²) in [6.45, 7) is 0.761. The fraction of sp³-hybridized carbons (Fsp3) is 0.556. The highest BCUT2D eigenvalue weighted by atomic mass is 19.4. The zero-order chi connectivity index (χ0) is 18.2. The van der Waals surface area contributed by atoms with Gasteiger partial charge in [0.05, 0.1) is 11.1 Å². The van der Waals surface area contributed by atoms with Crippen molar-refractivity contribution in [1.82, 2.24) is 9.80 Å². The van der Waals surface area contributed by atoms with Gasteiger partial charge >= 0.3 is 6.18 Å². The predicted molar refractivity (Wildman–Crippen MR) is 85.9 cm³/mol. The minimum atomic E-state index is -4.56. The Hall–Kier alpha value is -2.05. The Morgan fingerprint density at radius 1 is 1.20 bits per heavy atom. The summed E-state index contributed by atoms with van der Waals surface area (Å²) >= 11 is 0. The largest absolute Gasteiger partial charge is 0.417 e. The van der Waals surface area contributed by atoms with Gasteiger partial charge in [-0.3, -0.25) is 9.59 Å². The van der Waals surface area contributed by atoms with Gasteiger partial charge in [0.25, 0.3) is 5.91 Å². The molecule has 0 bridgehead atoms. The quantitative estimate of drug-likeness (QED) is 0.777. The number of hydrogen-bond donors (Lipinski definition) is 0. The fourth-order valence-corrected chi connectivity index (χ4v) is 3.96. The third-order valence-electron chi connectivity index (χ3n) is 5.30. The summed E-state index contributed by atoms with van der Waals surface area (Å²) < 4.78 is 39.5. The van der Waals surface area contributed by atoms with Crippen molar-refractivity contribution in [3.8, 4) is 0 Å². The summed E-state index contributed by atoms with van der Waals surface area (Å²) in [4.78, 5) is 28.0. The maximum absolute atomic E-state index is 13.2. The maximum Gasteiger partial charge on any atom is 0.417 e. The number of hydrogen-bond acceptors (Lipinski definition) is 2. The van der Waals surface area contributed by atoms with E-state index in [0.29, 0.717) is 25.9 Å². The van der Waals surface area contributed by atoms with Crippen LogP contribution in [0.2, 0.25) is 0 Å². The monoisotopic (exact) mass is 354 g/mol. The highest BCUT2D eigenvalue weighted by Crippen LogP contribution is 2.34. The third-order valence-corrected chi connectivity index (χ3v) is 5.30. The van der Waals surface area contributed by atoms with Gasteiger partial charge in [0, 0.05) is 32.6 Å². The smallest absolute Gasteiger partial charge is 0.342 e. The van der Waals surface area contributed by atoms with Crippen LogP contribution in [0, 0.1) is 5.92 Å². The Morgan fingerprint density at radius 2 is 1.92 bits per heavy atom. The van der Waals surface area contributed by atoms with Gasteiger partial charge in [-0.2, -0.15) is 13.2 Å². The number of piperidine rings is 1. The lowest BCUT2D eigenvalue weighted by Crippen LogP contribution is -2.52. The number of nitrogens with zero attached hydrogens (tertiary/aromatic N) is 2. The molecule has 0 unspecified atom stereocenters. The molecular formula is C18H21F3N2O2. The van der Waals surface area contributed by atoms with Crippen LogP contribution in [0.4, 0.5) is 13.2 Å². The SMILES string of the molecule is CN1C(=O)CCC[C@H]2CN(C(=O)c3ccccc3C(F)(F)F)CC[C@H]21. The van der Waals surface area contributed by atoms with Crippen molar-refractivity contribution < 1.29 is 22.8 Å². The van der Waals surface area contributed by atoms with Crippen molar-refractivity contribution >= 4 is 11.8 Å². The van der Waals surface area contributed by atoms with E-state index in [9.17, 15) is 22.8 Å². The molecule has 2 heterocycles. The van der Waals surface area contributed by atoms with Crippen molar-refractivity contribution in [2.75, 3.05) is 20.1 Å². The average molecular weight is 354 g/mol. The van der Waals surface area contributed by atoms with Crippen LogP contribution in [-0.2, 0) is 11.0 Å². The van der Waals surface area contributed by atoms with E-state index in [1.165, 1.54) is 23.1 Å². The predicted octanol–water partition coefficient (Wildman–Crippen LogP) is 3.18. The Kier molecular flexibility index (Phi) is 4.75. The molecule has 0 N–H and O–H groups in total. The Morgan fingerprint density at radius 3 is 2.64 bits per heavy atom. The first-order valence-electron chi connectivity index (χ1n) is 8.50. The minimum absolute atomic E-state index is 0.0666. The van der Waals surface area contributed by atoms with E-state index >= 15 is 0 Å². The molecule has 0 aliphatic carbocycles. The molecule has 7 heteroatoms. The van der Waals surface area contributed by atoms with Crippen molar-refractivity contribution in [3.63, 3.8) is 0 Å². The zero-order valence-corrected chi connectivity index (χ0v) is 14.1. The molecule has 2 fully saturated rings. The molecule has 0 saturated carbocycles. The van der Waals surface area contributed by atoms with Crippen LogP contribution >= 0.6 is 0 Å². The van der Waals surface area contributed by atoms with E-state index in [4.69, 9.17) is 0 Å². The first-order valence-corrected chi connectivity index (χ1v) is 8.50. The summed E-state index contributed by atoms with van der Waals surface area (Å²) in [6, 6.07) is 4.99. The molecule has 4 nitrogen and oxygen atoms in total. The van der Waals surface area contributed by atoms with Crippen molar-refractivity contribution in [2.24, 2.45) is 5.92 Å². The summed E-state index contributed by atoms with van der Waals surface area (Å²) in [5.74, 6) is -0.355. The number of rotatable bonds is 1. The Balaban J connectivity index is 1.81. The lowest BCUT2D eigenvalue weighted by atomic mass is 9.88. The van der Waals surface area contributed by atoms with E-state index in [-0.39, 0.29) is 23.4 Å². The topological polar surface area (TPSA) is 40.6 Å². The van der Waals surface area contributed by atoms with Gasteiger partial charge in [0.1, 0.15) is 0 Å². The minimum Gasteiger partial charge on any atom is -0.342 e. The molecule has 2 aliphatic rings. The molecular weight excluding hydrogens is 333 g/mol. The van der Waals surface area contributed by atoms with Crippen LogP contribution in [0.3, 0.4) is 0 Å².